The van der Waals surface area contributed by atoms with Crippen molar-refractivity contribution in [3.8, 4) is 11.4 Å². The summed E-state index contributed by atoms with van der Waals surface area (Å²) < 4.78 is 56.7. The molecule has 30 heavy (non-hydrogen) atoms. The number of rotatable bonds is 4. The Bertz CT molecular complexity index is 1200. The number of halogens is 4. The van der Waals surface area contributed by atoms with Gasteiger partial charge in [-0.1, -0.05) is 24.3 Å². The van der Waals surface area contributed by atoms with Crippen LogP contribution < -0.4 is 14.7 Å². The zero-order valence-electron chi connectivity index (χ0n) is 15.4. The number of amides is 1. The predicted octanol–water partition coefficient (Wildman–Crippen LogP) is 3.41. The van der Waals surface area contributed by atoms with E-state index in [1.165, 1.54) is 47.0 Å². The van der Waals surface area contributed by atoms with Crippen LogP contribution in [0.3, 0.4) is 0 Å². The molecule has 0 saturated carbocycles. The Morgan fingerprint density at radius 2 is 1.77 bits per heavy atom. The van der Waals surface area contributed by atoms with Crippen LogP contribution in [0.1, 0.15) is 22.2 Å². The van der Waals surface area contributed by atoms with E-state index in [9.17, 15) is 22.4 Å². The lowest BCUT2D eigenvalue weighted by atomic mass is 10.1. The van der Waals surface area contributed by atoms with Gasteiger partial charge >= 0.3 is 6.18 Å². The SMILES string of the molecule is O=C(NC(c1cccc[nH+]1)C(F)(F)F)c1[nH]c(-c2ccccc2F)[n+]2ccccc12. The van der Waals surface area contributed by atoms with Crippen molar-refractivity contribution in [1.29, 1.82) is 0 Å². The predicted molar refractivity (Wildman–Crippen MR) is 98.6 cm³/mol. The second-order valence-electron chi connectivity index (χ2n) is 6.55. The summed E-state index contributed by atoms with van der Waals surface area (Å²) in [5, 5.41) is 2.03. The molecule has 0 spiro atoms. The van der Waals surface area contributed by atoms with E-state index in [1.54, 1.807) is 30.5 Å². The molecule has 3 N–H and O–H groups in total. The number of benzene rings is 1. The lowest BCUT2D eigenvalue weighted by Gasteiger charge is -2.17. The fraction of sp³-hybridized carbons (Fsp3) is 0.0952. The number of carbonyl (C=O) groups excluding carboxylic acids is 1. The minimum Gasteiger partial charge on any atom is -0.328 e. The van der Waals surface area contributed by atoms with Crippen LogP contribution in [0.5, 0.6) is 0 Å². The minimum atomic E-state index is -4.72. The standard InChI is InChI=1S/C21H14F4N4O/c22-14-8-2-1-7-13(14)19-27-17(16-10-4-6-12-29(16)19)20(30)28-18(21(23,24)25)15-9-3-5-11-26-15/h1-12,18H,(H,28,30)/p+2. The molecule has 3 aromatic heterocycles. The third-order valence-corrected chi connectivity index (χ3v) is 4.60. The number of H-pyrrole nitrogens is 2. The number of imidazole rings is 1. The number of fused-ring (bicyclic) bond motifs is 1. The van der Waals surface area contributed by atoms with Crippen LogP contribution in [-0.2, 0) is 0 Å². The van der Waals surface area contributed by atoms with Crippen LogP contribution in [0.25, 0.3) is 16.9 Å². The Labute approximate surface area is 168 Å². The average Bonchev–Trinajstić information content (AvgIpc) is 3.12. The molecule has 1 amide bonds. The quantitative estimate of drug-likeness (QED) is 0.389. The summed E-state index contributed by atoms with van der Waals surface area (Å²) in [6.07, 6.45) is -1.79. The Morgan fingerprint density at radius 3 is 2.47 bits per heavy atom. The summed E-state index contributed by atoms with van der Waals surface area (Å²) in [5.74, 6) is -1.26. The summed E-state index contributed by atoms with van der Waals surface area (Å²) in [6, 6.07) is 12.8. The van der Waals surface area contributed by atoms with Crippen LogP contribution in [0.4, 0.5) is 17.6 Å². The Hall–Kier alpha value is -3.75. The van der Waals surface area contributed by atoms with Crippen molar-refractivity contribution in [2.24, 2.45) is 0 Å². The first kappa shape index (κ1) is 19.6. The summed E-state index contributed by atoms with van der Waals surface area (Å²) in [7, 11) is 0. The van der Waals surface area contributed by atoms with Crippen LogP contribution in [0.15, 0.2) is 73.1 Å². The van der Waals surface area contributed by atoms with Crippen LogP contribution >= 0.6 is 0 Å². The van der Waals surface area contributed by atoms with E-state index in [4.69, 9.17) is 0 Å². The van der Waals surface area contributed by atoms with Gasteiger partial charge in [0.2, 0.25) is 17.4 Å². The number of hydrogen-bond donors (Lipinski definition) is 2. The largest absolute Gasteiger partial charge is 0.418 e. The first-order valence-corrected chi connectivity index (χ1v) is 8.97. The molecule has 0 radical (unpaired) electrons. The molecule has 0 aliphatic carbocycles. The van der Waals surface area contributed by atoms with Gasteiger partial charge in [-0.05, 0) is 24.3 Å². The van der Waals surface area contributed by atoms with Crippen molar-refractivity contribution in [1.82, 2.24) is 10.3 Å². The number of nitrogens with zero attached hydrogens (tertiary/aromatic N) is 1. The highest BCUT2D eigenvalue weighted by atomic mass is 19.4. The van der Waals surface area contributed by atoms with Crippen LogP contribution in [0, 0.1) is 5.82 Å². The normalized spacial score (nSPS) is 12.7. The molecule has 0 aliphatic rings. The molecular formula is C21H16F4N4O+2. The number of hydrogen-bond acceptors (Lipinski definition) is 1. The monoisotopic (exact) mass is 416 g/mol. The topological polar surface area (TPSA) is 63.1 Å². The molecule has 5 nitrogen and oxygen atoms in total. The molecule has 0 bridgehead atoms. The number of aromatic nitrogens is 3. The van der Waals surface area contributed by atoms with Crippen molar-refractivity contribution in [3.63, 3.8) is 0 Å². The Balaban J connectivity index is 1.78. The maximum Gasteiger partial charge on any atom is 0.418 e. The van der Waals surface area contributed by atoms with Gasteiger partial charge in [-0.2, -0.15) is 17.6 Å². The van der Waals surface area contributed by atoms with Crippen molar-refractivity contribution < 1.29 is 31.7 Å². The molecule has 152 valence electrons. The van der Waals surface area contributed by atoms with E-state index in [-0.39, 0.29) is 22.8 Å². The molecule has 0 aliphatic heterocycles. The zero-order valence-corrected chi connectivity index (χ0v) is 15.4. The smallest absolute Gasteiger partial charge is 0.328 e. The van der Waals surface area contributed by atoms with Crippen molar-refractivity contribution >= 4 is 11.4 Å². The van der Waals surface area contributed by atoms with Gasteiger partial charge in [-0.25, -0.2) is 14.4 Å². The van der Waals surface area contributed by atoms with Gasteiger partial charge in [-0.15, -0.1) is 0 Å². The third kappa shape index (κ3) is 3.61. The van der Waals surface area contributed by atoms with Gasteiger partial charge in [-0.3, -0.25) is 4.79 Å². The molecule has 3 heterocycles. The molecular weight excluding hydrogens is 400 g/mol. The van der Waals surface area contributed by atoms with Gasteiger partial charge in [0.15, 0.2) is 11.7 Å². The summed E-state index contributed by atoms with van der Waals surface area (Å²) >= 11 is 0. The van der Waals surface area contributed by atoms with Crippen LogP contribution in [0.2, 0.25) is 0 Å². The molecule has 0 fully saturated rings. The Morgan fingerprint density at radius 1 is 1.03 bits per heavy atom. The van der Waals surface area contributed by atoms with E-state index in [2.05, 4.69) is 9.97 Å². The van der Waals surface area contributed by atoms with E-state index in [0.717, 1.165) is 0 Å². The average molecular weight is 416 g/mol. The highest BCUT2D eigenvalue weighted by Gasteiger charge is 2.46. The summed E-state index contributed by atoms with van der Waals surface area (Å²) in [4.78, 5) is 18.2. The number of alkyl halides is 3. The van der Waals surface area contributed by atoms with E-state index in [0.29, 0.717) is 5.52 Å². The van der Waals surface area contributed by atoms with Gasteiger partial charge in [0.1, 0.15) is 11.4 Å². The second kappa shape index (κ2) is 7.58. The van der Waals surface area contributed by atoms with Crippen molar-refractivity contribution in [3.05, 3.63) is 90.3 Å². The van der Waals surface area contributed by atoms with Crippen molar-refractivity contribution in [2.45, 2.75) is 12.2 Å². The first-order valence-electron chi connectivity index (χ1n) is 8.97. The maximum atomic E-state index is 14.3. The summed E-state index contributed by atoms with van der Waals surface area (Å²) in [5.41, 5.74) is 0.169. The molecule has 0 saturated heterocycles. The third-order valence-electron chi connectivity index (χ3n) is 4.60. The lowest BCUT2D eigenvalue weighted by molar-refractivity contribution is -0.498. The lowest BCUT2D eigenvalue weighted by Crippen LogP contribution is -2.41. The minimum absolute atomic E-state index is 0.112. The van der Waals surface area contributed by atoms with Gasteiger partial charge in [0.05, 0.1) is 6.20 Å². The highest BCUT2D eigenvalue weighted by Crippen LogP contribution is 2.31. The van der Waals surface area contributed by atoms with Gasteiger partial charge < -0.3 is 5.32 Å². The maximum absolute atomic E-state index is 14.3. The number of nitrogens with one attached hydrogen (secondary N) is 3. The molecule has 1 unspecified atom stereocenters. The van der Waals surface area contributed by atoms with Gasteiger partial charge in [0.25, 0.3) is 11.7 Å². The fourth-order valence-corrected chi connectivity index (χ4v) is 3.23. The molecule has 4 rings (SSSR count). The van der Waals surface area contributed by atoms with E-state index in [1.807, 2.05) is 5.32 Å². The Kier molecular flexibility index (Phi) is 4.94. The molecule has 4 aromatic rings. The zero-order chi connectivity index (χ0) is 21.3. The van der Waals surface area contributed by atoms with Crippen molar-refractivity contribution in [2.75, 3.05) is 0 Å². The number of aromatic amines is 2. The fourth-order valence-electron chi connectivity index (χ4n) is 3.23. The highest BCUT2D eigenvalue weighted by molar-refractivity contribution is 5.98. The van der Waals surface area contributed by atoms with E-state index < -0.39 is 23.9 Å². The van der Waals surface area contributed by atoms with E-state index >= 15 is 0 Å². The molecule has 9 heteroatoms. The number of pyridine rings is 2. The summed E-state index contributed by atoms with van der Waals surface area (Å²) in [6.45, 7) is 0. The molecule has 1 atom stereocenters. The van der Waals surface area contributed by atoms with Crippen LogP contribution in [-0.4, -0.2) is 17.1 Å². The first-order chi connectivity index (χ1) is 14.4. The molecule has 1 aromatic carbocycles. The van der Waals surface area contributed by atoms with Gasteiger partial charge in [0, 0.05) is 12.1 Å². The number of carbonyl (C=O) groups is 1. The second-order valence-corrected chi connectivity index (χ2v) is 6.55.